The van der Waals surface area contributed by atoms with Gasteiger partial charge in [0, 0.05) is 5.56 Å². The van der Waals surface area contributed by atoms with E-state index in [9.17, 15) is 0 Å². The van der Waals surface area contributed by atoms with Crippen molar-refractivity contribution < 1.29 is 4.52 Å². The van der Waals surface area contributed by atoms with Gasteiger partial charge in [-0.15, -0.1) is 12.4 Å². The van der Waals surface area contributed by atoms with Crippen molar-refractivity contribution in [2.75, 3.05) is 0 Å². The van der Waals surface area contributed by atoms with Crippen LogP contribution >= 0.6 is 12.4 Å². The molecule has 5 heteroatoms. The molecule has 0 aliphatic heterocycles. The molecular weight excluding hydrogens is 274 g/mol. The van der Waals surface area contributed by atoms with Crippen LogP contribution in [0.4, 0.5) is 0 Å². The van der Waals surface area contributed by atoms with Crippen LogP contribution in [0.15, 0.2) is 28.8 Å². The molecule has 108 valence electrons. The highest BCUT2D eigenvalue weighted by Gasteiger charge is 2.39. The summed E-state index contributed by atoms with van der Waals surface area (Å²) in [5.74, 6) is 1.21. The minimum absolute atomic E-state index is 0. The lowest BCUT2D eigenvalue weighted by Crippen LogP contribution is -2.44. The lowest BCUT2D eigenvalue weighted by Gasteiger charge is -2.34. The van der Waals surface area contributed by atoms with Crippen molar-refractivity contribution in [1.82, 2.24) is 10.1 Å². The normalized spacial score (nSPS) is 16.3. The maximum Gasteiger partial charge on any atom is 0.257 e. The second kappa shape index (κ2) is 5.94. The first-order valence-corrected chi connectivity index (χ1v) is 6.94. The predicted molar refractivity (Wildman–Crippen MR) is 80.7 cm³/mol. The molecule has 1 aromatic heterocycles. The van der Waals surface area contributed by atoms with Gasteiger partial charge in [0.05, 0.1) is 5.54 Å². The van der Waals surface area contributed by atoms with Crippen molar-refractivity contribution >= 4 is 12.4 Å². The van der Waals surface area contributed by atoms with E-state index in [4.69, 9.17) is 10.3 Å². The third-order valence-electron chi connectivity index (χ3n) is 3.86. The molecule has 20 heavy (non-hydrogen) atoms. The molecule has 1 fully saturated rings. The topological polar surface area (TPSA) is 64.9 Å². The molecule has 4 nitrogen and oxygen atoms in total. The van der Waals surface area contributed by atoms with E-state index in [1.165, 1.54) is 5.56 Å². The summed E-state index contributed by atoms with van der Waals surface area (Å²) in [7, 11) is 0. The Morgan fingerprint density at radius 2 is 1.95 bits per heavy atom. The largest absolute Gasteiger partial charge is 0.334 e. The van der Waals surface area contributed by atoms with Crippen LogP contribution < -0.4 is 5.73 Å². The molecule has 0 atom stereocenters. The first-order chi connectivity index (χ1) is 9.21. The van der Waals surface area contributed by atoms with E-state index in [1.54, 1.807) is 0 Å². The van der Waals surface area contributed by atoms with E-state index < -0.39 is 0 Å². The standard InChI is InChI=1S/C15H19N3O.ClH/c1-2-4-11-5-7-12(8-6-11)13-17-14(18-19-13)15(16)9-3-10-15;/h5-8H,2-4,9-10,16H2,1H3;1H. The van der Waals surface area contributed by atoms with Crippen molar-refractivity contribution in [2.45, 2.75) is 44.6 Å². The Kier molecular flexibility index (Phi) is 4.45. The van der Waals surface area contributed by atoms with Gasteiger partial charge in [0.1, 0.15) is 0 Å². The number of aromatic nitrogens is 2. The molecule has 0 unspecified atom stereocenters. The number of aryl methyl sites for hydroxylation is 1. The molecule has 0 amide bonds. The van der Waals surface area contributed by atoms with Crippen molar-refractivity contribution in [3.05, 3.63) is 35.7 Å². The Labute approximate surface area is 125 Å². The minimum Gasteiger partial charge on any atom is -0.334 e. The van der Waals surface area contributed by atoms with Crippen LogP contribution in [0.3, 0.4) is 0 Å². The highest BCUT2D eigenvalue weighted by atomic mass is 35.5. The van der Waals surface area contributed by atoms with E-state index in [-0.39, 0.29) is 17.9 Å². The molecule has 0 spiro atoms. The summed E-state index contributed by atoms with van der Waals surface area (Å²) >= 11 is 0. The molecule has 2 N–H and O–H groups in total. The molecule has 2 aromatic rings. The predicted octanol–water partition coefficient (Wildman–Crippen LogP) is 3.45. The van der Waals surface area contributed by atoms with Gasteiger partial charge >= 0.3 is 0 Å². The lowest BCUT2D eigenvalue weighted by atomic mass is 9.77. The maximum atomic E-state index is 6.19. The molecule has 3 rings (SSSR count). The van der Waals surface area contributed by atoms with Crippen molar-refractivity contribution in [1.29, 1.82) is 0 Å². The van der Waals surface area contributed by atoms with Gasteiger partial charge in [-0.3, -0.25) is 0 Å². The number of nitrogens with two attached hydrogens (primary N) is 1. The van der Waals surface area contributed by atoms with E-state index >= 15 is 0 Å². The van der Waals surface area contributed by atoms with Gasteiger partial charge in [-0.05, 0) is 43.4 Å². The fraction of sp³-hybridized carbons (Fsp3) is 0.467. The molecule has 0 radical (unpaired) electrons. The summed E-state index contributed by atoms with van der Waals surface area (Å²) in [6.07, 6.45) is 5.29. The molecule has 1 aliphatic rings. The van der Waals surface area contributed by atoms with Gasteiger partial charge in [0.25, 0.3) is 5.89 Å². The average molecular weight is 294 g/mol. The summed E-state index contributed by atoms with van der Waals surface area (Å²) in [5.41, 5.74) is 8.13. The van der Waals surface area contributed by atoms with E-state index in [0.717, 1.165) is 37.7 Å². The van der Waals surface area contributed by atoms with Crippen molar-refractivity contribution in [2.24, 2.45) is 5.73 Å². The van der Waals surface area contributed by atoms with Gasteiger partial charge in [0.15, 0.2) is 5.82 Å². The molecule has 1 saturated carbocycles. The second-order valence-corrected chi connectivity index (χ2v) is 5.38. The highest BCUT2D eigenvalue weighted by molar-refractivity contribution is 5.85. The zero-order chi connectivity index (χ0) is 13.3. The first-order valence-electron chi connectivity index (χ1n) is 6.94. The van der Waals surface area contributed by atoms with Gasteiger partial charge in [-0.2, -0.15) is 4.98 Å². The number of hydrogen-bond acceptors (Lipinski definition) is 4. The minimum atomic E-state index is -0.357. The summed E-state index contributed by atoms with van der Waals surface area (Å²) < 4.78 is 5.33. The van der Waals surface area contributed by atoms with Crippen LogP contribution in [-0.4, -0.2) is 10.1 Å². The second-order valence-electron chi connectivity index (χ2n) is 5.38. The smallest absolute Gasteiger partial charge is 0.257 e. The van der Waals surface area contributed by atoms with Gasteiger partial charge in [0.2, 0.25) is 0 Å². The fourth-order valence-electron chi connectivity index (χ4n) is 2.43. The summed E-state index contributed by atoms with van der Waals surface area (Å²) in [6, 6.07) is 8.30. The number of rotatable bonds is 4. The average Bonchev–Trinajstić information content (AvgIpc) is 2.87. The zero-order valence-electron chi connectivity index (χ0n) is 11.6. The molecule has 1 aliphatic carbocycles. The molecule has 1 heterocycles. The van der Waals surface area contributed by atoms with Crippen LogP contribution in [0.1, 0.15) is 44.0 Å². The van der Waals surface area contributed by atoms with E-state index in [2.05, 4.69) is 29.2 Å². The SMILES string of the molecule is CCCc1ccc(-c2nc(C3(N)CCC3)no2)cc1.Cl. The van der Waals surface area contributed by atoms with Crippen molar-refractivity contribution in [3.63, 3.8) is 0 Å². The van der Waals surface area contributed by atoms with E-state index in [1.807, 2.05) is 12.1 Å². The Morgan fingerprint density at radius 3 is 2.50 bits per heavy atom. The lowest BCUT2D eigenvalue weighted by molar-refractivity contribution is 0.229. The number of nitrogens with zero attached hydrogens (tertiary/aromatic N) is 2. The van der Waals surface area contributed by atoms with E-state index in [0.29, 0.717) is 11.7 Å². The zero-order valence-corrected chi connectivity index (χ0v) is 12.4. The van der Waals surface area contributed by atoms with Crippen LogP contribution in [0.25, 0.3) is 11.5 Å². The fourth-order valence-corrected chi connectivity index (χ4v) is 2.43. The van der Waals surface area contributed by atoms with Crippen LogP contribution in [0.5, 0.6) is 0 Å². The Bertz CT molecular complexity index is 561. The van der Waals surface area contributed by atoms with Crippen molar-refractivity contribution in [3.8, 4) is 11.5 Å². The number of benzene rings is 1. The monoisotopic (exact) mass is 293 g/mol. The molecule has 1 aromatic carbocycles. The third-order valence-corrected chi connectivity index (χ3v) is 3.86. The summed E-state index contributed by atoms with van der Waals surface area (Å²) in [6.45, 7) is 2.18. The highest BCUT2D eigenvalue weighted by Crippen LogP contribution is 2.37. The molecule has 0 saturated heterocycles. The van der Waals surface area contributed by atoms with Gasteiger partial charge in [-0.1, -0.05) is 30.6 Å². The Morgan fingerprint density at radius 1 is 1.25 bits per heavy atom. The number of halogens is 1. The Balaban J connectivity index is 0.00000147. The van der Waals surface area contributed by atoms with Crippen LogP contribution in [-0.2, 0) is 12.0 Å². The van der Waals surface area contributed by atoms with Gasteiger partial charge < -0.3 is 10.3 Å². The molecule has 0 bridgehead atoms. The third kappa shape index (κ3) is 2.72. The van der Waals surface area contributed by atoms with Crippen LogP contribution in [0.2, 0.25) is 0 Å². The summed E-state index contributed by atoms with van der Waals surface area (Å²) in [5, 5.41) is 4.03. The maximum absolute atomic E-state index is 6.19. The summed E-state index contributed by atoms with van der Waals surface area (Å²) in [4.78, 5) is 4.45. The number of hydrogen-bond donors (Lipinski definition) is 1. The Hall–Kier alpha value is -1.39. The molecular formula is C15H20ClN3O. The van der Waals surface area contributed by atoms with Gasteiger partial charge in [-0.25, -0.2) is 0 Å². The first kappa shape index (κ1) is 15.0. The quantitative estimate of drug-likeness (QED) is 0.937. The van der Waals surface area contributed by atoms with Crippen LogP contribution in [0, 0.1) is 0 Å².